The Hall–Kier alpha value is -3.52. The summed E-state index contributed by atoms with van der Waals surface area (Å²) in [6, 6.07) is 15.2. The van der Waals surface area contributed by atoms with E-state index in [9.17, 15) is 9.59 Å². The van der Waals surface area contributed by atoms with Crippen LogP contribution in [0.5, 0.6) is 0 Å². The molecule has 0 saturated heterocycles. The van der Waals surface area contributed by atoms with Gasteiger partial charge in [-0.05, 0) is 18.6 Å². The number of methoxy groups -OCH3 is 1. The fraction of sp³-hybridized carbons (Fsp3) is 0.238. The van der Waals surface area contributed by atoms with Gasteiger partial charge in [-0.1, -0.05) is 41.6 Å². The van der Waals surface area contributed by atoms with Gasteiger partial charge >= 0.3 is 0 Å². The van der Waals surface area contributed by atoms with E-state index in [0.29, 0.717) is 24.3 Å². The SMILES string of the molecule is COCC(=O)N1CCc2c(NC(=O)Cn3cc(-c4ccccc4)nn3)cccc21. The monoisotopic (exact) mass is 391 g/mol. The van der Waals surface area contributed by atoms with E-state index in [-0.39, 0.29) is 25.0 Å². The van der Waals surface area contributed by atoms with Gasteiger partial charge in [-0.15, -0.1) is 5.10 Å². The molecule has 29 heavy (non-hydrogen) atoms. The zero-order chi connectivity index (χ0) is 20.2. The smallest absolute Gasteiger partial charge is 0.252 e. The third kappa shape index (κ3) is 4.02. The highest BCUT2D eigenvalue weighted by molar-refractivity contribution is 5.99. The van der Waals surface area contributed by atoms with Crippen molar-refractivity contribution in [1.29, 1.82) is 0 Å². The first-order valence-electron chi connectivity index (χ1n) is 9.32. The molecule has 0 fully saturated rings. The van der Waals surface area contributed by atoms with Crippen molar-refractivity contribution in [3.63, 3.8) is 0 Å². The minimum atomic E-state index is -0.204. The zero-order valence-electron chi connectivity index (χ0n) is 16.0. The van der Waals surface area contributed by atoms with Crippen molar-refractivity contribution >= 4 is 23.2 Å². The number of amides is 2. The lowest BCUT2D eigenvalue weighted by molar-refractivity contribution is -0.122. The molecule has 0 atom stereocenters. The van der Waals surface area contributed by atoms with Gasteiger partial charge in [0.25, 0.3) is 5.91 Å². The largest absolute Gasteiger partial charge is 0.375 e. The van der Waals surface area contributed by atoms with Crippen molar-refractivity contribution in [3.8, 4) is 11.3 Å². The molecule has 0 bridgehead atoms. The summed E-state index contributed by atoms with van der Waals surface area (Å²) >= 11 is 0. The summed E-state index contributed by atoms with van der Waals surface area (Å²) in [7, 11) is 1.50. The maximum atomic E-state index is 12.5. The van der Waals surface area contributed by atoms with Crippen LogP contribution < -0.4 is 10.2 Å². The number of nitrogens with zero attached hydrogens (tertiary/aromatic N) is 4. The summed E-state index contributed by atoms with van der Waals surface area (Å²) in [6.07, 6.45) is 2.43. The van der Waals surface area contributed by atoms with Crippen LogP contribution in [0.1, 0.15) is 5.56 Å². The first-order valence-corrected chi connectivity index (χ1v) is 9.32. The van der Waals surface area contributed by atoms with Crippen molar-refractivity contribution in [2.75, 3.05) is 30.5 Å². The number of benzene rings is 2. The molecule has 0 unspecified atom stereocenters. The van der Waals surface area contributed by atoms with Crippen LogP contribution in [0.2, 0.25) is 0 Å². The van der Waals surface area contributed by atoms with Crippen LogP contribution in [0.25, 0.3) is 11.3 Å². The summed E-state index contributed by atoms with van der Waals surface area (Å²) in [6.45, 7) is 0.663. The molecule has 148 valence electrons. The molecular weight excluding hydrogens is 370 g/mol. The number of fused-ring (bicyclic) bond motifs is 1. The Labute approximate surface area is 168 Å². The maximum Gasteiger partial charge on any atom is 0.252 e. The summed E-state index contributed by atoms with van der Waals surface area (Å²) < 4.78 is 6.46. The van der Waals surface area contributed by atoms with Crippen LogP contribution in [-0.4, -0.2) is 47.1 Å². The third-order valence-electron chi connectivity index (χ3n) is 4.78. The molecule has 0 saturated carbocycles. The van der Waals surface area contributed by atoms with Gasteiger partial charge in [-0.25, -0.2) is 4.68 Å². The molecule has 1 N–H and O–H groups in total. The number of hydrogen-bond donors (Lipinski definition) is 1. The number of nitrogens with one attached hydrogen (secondary N) is 1. The van der Waals surface area contributed by atoms with Crippen LogP contribution in [0.4, 0.5) is 11.4 Å². The average Bonchev–Trinajstić information content (AvgIpc) is 3.36. The number of ether oxygens (including phenoxy) is 1. The molecule has 8 nitrogen and oxygen atoms in total. The van der Waals surface area contributed by atoms with Crippen molar-refractivity contribution in [2.45, 2.75) is 13.0 Å². The van der Waals surface area contributed by atoms with Gasteiger partial charge < -0.3 is 15.0 Å². The average molecular weight is 391 g/mol. The normalized spacial score (nSPS) is 12.7. The highest BCUT2D eigenvalue weighted by Crippen LogP contribution is 2.33. The van der Waals surface area contributed by atoms with Gasteiger partial charge in [-0.2, -0.15) is 0 Å². The number of anilines is 2. The molecule has 0 radical (unpaired) electrons. The van der Waals surface area contributed by atoms with Gasteiger partial charge in [0.05, 0.1) is 6.20 Å². The second-order valence-electron chi connectivity index (χ2n) is 6.75. The second-order valence-corrected chi connectivity index (χ2v) is 6.75. The Morgan fingerprint density at radius 3 is 2.76 bits per heavy atom. The fourth-order valence-corrected chi connectivity index (χ4v) is 3.47. The molecule has 8 heteroatoms. The minimum Gasteiger partial charge on any atom is -0.375 e. The van der Waals surface area contributed by atoms with Gasteiger partial charge in [0.15, 0.2) is 0 Å². The zero-order valence-corrected chi connectivity index (χ0v) is 16.0. The van der Waals surface area contributed by atoms with E-state index in [1.54, 1.807) is 11.1 Å². The molecule has 1 aliphatic heterocycles. The van der Waals surface area contributed by atoms with Gasteiger partial charge in [0, 0.05) is 36.2 Å². The van der Waals surface area contributed by atoms with Gasteiger partial charge in [0.2, 0.25) is 5.91 Å². The molecule has 2 amide bonds. The predicted octanol–water partition coefficient (Wildman–Crippen LogP) is 2.12. The molecule has 2 aromatic carbocycles. The quantitative estimate of drug-likeness (QED) is 0.695. The Bertz CT molecular complexity index is 1030. The highest BCUT2D eigenvalue weighted by Gasteiger charge is 2.26. The minimum absolute atomic E-state index is 0.0338. The standard InChI is InChI=1S/C21H21N5O3/c1-29-14-21(28)26-11-10-16-17(8-5-9-19(16)26)22-20(27)13-25-12-18(23-24-25)15-6-3-2-4-7-15/h2-9,12H,10-11,13-14H2,1H3,(H,22,27). The number of carbonyl (C=O) groups excluding carboxylic acids is 2. The van der Waals surface area contributed by atoms with Crippen LogP contribution in [0.15, 0.2) is 54.7 Å². The number of carbonyl (C=O) groups is 2. The Balaban J connectivity index is 1.45. The van der Waals surface area contributed by atoms with Crippen LogP contribution >= 0.6 is 0 Å². The summed E-state index contributed by atoms with van der Waals surface area (Å²) in [5, 5.41) is 11.1. The Morgan fingerprint density at radius 2 is 1.97 bits per heavy atom. The molecule has 1 aromatic heterocycles. The Morgan fingerprint density at radius 1 is 1.14 bits per heavy atom. The van der Waals surface area contributed by atoms with Crippen molar-refractivity contribution in [1.82, 2.24) is 15.0 Å². The van der Waals surface area contributed by atoms with Crippen molar-refractivity contribution in [2.24, 2.45) is 0 Å². The maximum absolute atomic E-state index is 12.5. The lowest BCUT2D eigenvalue weighted by Crippen LogP contribution is -2.31. The van der Waals surface area contributed by atoms with E-state index >= 15 is 0 Å². The molecule has 4 rings (SSSR count). The van der Waals surface area contributed by atoms with Crippen LogP contribution in [0.3, 0.4) is 0 Å². The molecule has 1 aliphatic rings. The van der Waals surface area contributed by atoms with Crippen LogP contribution in [-0.2, 0) is 27.3 Å². The summed E-state index contributed by atoms with van der Waals surface area (Å²) in [4.78, 5) is 26.4. The van der Waals surface area contributed by atoms with Crippen molar-refractivity contribution in [3.05, 3.63) is 60.3 Å². The molecule has 2 heterocycles. The molecule has 0 aliphatic carbocycles. The molecule has 0 spiro atoms. The first-order chi connectivity index (χ1) is 14.2. The predicted molar refractivity (Wildman–Crippen MR) is 108 cm³/mol. The third-order valence-corrected chi connectivity index (χ3v) is 4.78. The van der Waals surface area contributed by atoms with E-state index < -0.39 is 0 Å². The van der Waals surface area contributed by atoms with Crippen molar-refractivity contribution < 1.29 is 14.3 Å². The highest BCUT2D eigenvalue weighted by atomic mass is 16.5. The molecule has 3 aromatic rings. The lowest BCUT2D eigenvalue weighted by atomic mass is 10.1. The summed E-state index contributed by atoms with van der Waals surface area (Å²) in [5.41, 5.74) is 4.14. The number of rotatable bonds is 6. The van der Waals surface area contributed by atoms with Crippen LogP contribution in [0, 0.1) is 0 Å². The number of aromatic nitrogens is 3. The van der Waals surface area contributed by atoms with E-state index in [2.05, 4.69) is 15.6 Å². The molecular formula is C21H21N5O3. The van der Waals surface area contributed by atoms with E-state index in [1.807, 2.05) is 48.5 Å². The summed E-state index contributed by atoms with van der Waals surface area (Å²) in [5.74, 6) is -0.296. The van der Waals surface area contributed by atoms with E-state index in [0.717, 1.165) is 16.8 Å². The first kappa shape index (κ1) is 18.8. The Kier molecular flexibility index (Phi) is 5.35. The van der Waals surface area contributed by atoms with Gasteiger partial charge in [0.1, 0.15) is 18.8 Å². The topological polar surface area (TPSA) is 89.4 Å². The lowest BCUT2D eigenvalue weighted by Gasteiger charge is -2.17. The van der Waals surface area contributed by atoms with Gasteiger partial charge in [-0.3, -0.25) is 9.59 Å². The second kappa shape index (κ2) is 8.24. The number of hydrogen-bond acceptors (Lipinski definition) is 5. The van der Waals surface area contributed by atoms with E-state index in [4.69, 9.17) is 4.74 Å². The van der Waals surface area contributed by atoms with E-state index in [1.165, 1.54) is 11.8 Å². The fourth-order valence-electron chi connectivity index (χ4n) is 3.47.